The molecule has 0 radical (unpaired) electrons. The fraction of sp³-hybridized carbons (Fsp3) is 0.500. The van der Waals surface area contributed by atoms with Gasteiger partial charge in [0.05, 0.1) is 13.2 Å². The van der Waals surface area contributed by atoms with Crippen molar-refractivity contribution in [1.82, 2.24) is 5.32 Å². The molecule has 0 saturated carbocycles. The van der Waals surface area contributed by atoms with Crippen LogP contribution in [0.4, 0.5) is 5.69 Å². The molecule has 0 aliphatic carbocycles. The molecular formula is C14H22N2O2S. The van der Waals surface area contributed by atoms with Crippen molar-refractivity contribution in [2.75, 3.05) is 38.8 Å². The number of nitrogens with one attached hydrogen (secondary N) is 2. The second kappa shape index (κ2) is 9.72. The van der Waals surface area contributed by atoms with Crippen LogP contribution < -0.4 is 10.6 Å². The van der Waals surface area contributed by atoms with Crippen molar-refractivity contribution in [3.05, 3.63) is 29.8 Å². The molecule has 0 saturated heterocycles. The van der Waals surface area contributed by atoms with Crippen molar-refractivity contribution in [2.24, 2.45) is 0 Å². The van der Waals surface area contributed by atoms with Crippen LogP contribution in [0.1, 0.15) is 12.0 Å². The van der Waals surface area contributed by atoms with Gasteiger partial charge in [-0.05, 0) is 37.2 Å². The van der Waals surface area contributed by atoms with Crippen LogP contribution in [0.15, 0.2) is 24.3 Å². The molecule has 1 aromatic carbocycles. The maximum Gasteiger partial charge on any atom is 0.170 e. The number of hydrogen-bond acceptors (Lipinski definition) is 3. The summed E-state index contributed by atoms with van der Waals surface area (Å²) in [6.45, 7) is 4.84. The molecule has 0 amide bonds. The molecule has 0 bridgehead atoms. The highest BCUT2D eigenvalue weighted by Gasteiger charge is 1.99. The average molecular weight is 282 g/mol. The smallest absolute Gasteiger partial charge is 0.170 e. The van der Waals surface area contributed by atoms with E-state index in [2.05, 4.69) is 23.6 Å². The highest BCUT2D eigenvalue weighted by Crippen LogP contribution is 2.12. The van der Waals surface area contributed by atoms with Crippen LogP contribution in [-0.4, -0.2) is 38.6 Å². The Hall–Kier alpha value is -1.17. The molecule has 0 unspecified atom stereocenters. The Morgan fingerprint density at radius 1 is 1.21 bits per heavy atom. The zero-order chi connectivity index (χ0) is 13.9. The molecular weight excluding hydrogens is 260 g/mol. The molecule has 1 rings (SSSR count). The maximum atomic E-state index is 5.36. The first-order chi connectivity index (χ1) is 9.24. The zero-order valence-electron chi connectivity index (χ0n) is 11.6. The van der Waals surface area contributed by atoms with Crippen LogP contribution in [0.5, 0.6) is 0 Å². The number of thiocarbonyl (C=S) groups is 1. The number of methoxy groups -OCH3 is 1. The van der Waals surface area contributed by atoms with E-state index >= 15 is 0 Å². The standard InChI is InChI=1S/C14H22N2O2S/c1-12-6-3-4-7-13(12)16-14(19)15-8-5-9-18-11-10-17-2/h3-4,6-7H,5,8-11H2,1-2H3,(H2,15,16,19). The molecule has 0 spiro atoms. The van der Waals surface area contributed by atoms with Crippen LogP contribution in [0.25, 0.3) is 0 Å². The molecule has 0 atom stereocenters. The minimum atomic E-state index is 0.640. The van der Waals surface area contributed by atoms with Crippen LogP contribution in [0, 0.1) is 6.92 Å². The first kappa shape index (κ1) is 15.9. The summed E-state index contributed by atoms with van der Waals surface area (Å²) in [6.07, 6.45) is 0.916. The van der Waals surface area contributed by atoms with E-state index in [4.69, 9.17) is 21.7 Å². The molecule has 2 N–H and O–H groups in total. The summed E-state index contributed by atoms with van der Waals surface area (Å²) in [5, 5.41) is 6.98. The molecule has 0 aliphatic rings. The van der Waals surface area contributed by atoms with Gasteiger partial charge in [-0.1, -0.05) is 18.2 Å². The summed E-state index contributed by atoms with van der Waals surface area (Å²) < 4.78 is 10.3. The van der Waals surface area contributed by atoms with E-state index < -0.39 is 0 Å². The van der Waals surface area contributed by atoms with Crippen molar-refractivity contribution in [1.29, 1.82) is 0 Å². The summed E-state index contributed by atoms with van der Waals surface area (Å²) in [5.41, 5.74) is 2.21. The van der Waals surface area contributed by atoms with E-state index in [1.165, 1.54) is 5.56 Å². The van der Waals surface area contributed by atoms with Crippen LogP contribution in [-0.2, 0) is 9.47 Å². The lowest BCUT2D eigenvalue weighted by Crippen LogP contribution is -2.30. The third kappa shape index (κ3) is 7.10. The number of rotatable bonds is 8. The van der Waals surface area contributed by atoms with Gasteiger partial charge in [-0.25, -0.2) is 0 Å². The SMILES string of the molecule is COCCOCCCNC(=S)Nc1ccccc1C. The Morgan fingerprint density at radius 2 is 2.00 bits per heavy atom. The zero-order valence-corrected chi connectivity index (χ0v) is 12.4. The fourth-order valence-corrected chi connectivity index (χ4v) is 1.71. The lowest BCUT2D eigenvalue weighted by Gasteiger charge is -2.12. The van der Waals surface area contributed by atoms with Gasteiger partial charge in [0.25, 0.3) is 0 Å². The molecule has 0 aliphatic heterocycles. The number of benzene rings is 1. The summed E-state index contributed by atoms with van der Waals surface area (Å²) in [4.78, 5) is 0. The molecule has 4 nitrogen and oxygen atoms in total. The molecule has 5 heteroatoms. The van der Waals surface area contributed by atoms with Gasteiger partial charge in [0.1, 0.15) is 0 Å². The van der Waals surface area contributed by atoms with Crippen molar-refractivity contribution in [3.8, 4) is 0 Å². The lowest BCUT2D eigenvalue weighted by atomic mass is 10.2. The van der Waals surface area contributed by atoms with Gasteiger partial charge in [0.15, 0.2) is 5.11 Å². The van der Waals surface area contributed by atoms with Crippen molar-refractivity contribution in [3.63, 3.8) is 0 Å². The monoisotopic (exact) mass is 282 g/mol. The van der Waals surface area contributed by atoms with Gasteiger partial charge in [0.2, 0.25) is 0 Å². The minimum absolute atomic E-state index is 0.640. The van der Waals surface area contributed by atoms with Gasteiger partial charge in [-0.3, -0.25) is 0 Å². The third-order valence-electron chi connectivity index (χ3n) is 2.58. The predicted octanol–water partition coefficient (Wildman–Crippen LogP) is 2.33. The van der Waals surface area contributed by atoms with Crippen molar-refractivity contribution < 1.29 is 9.47 Å². The topological polar surface area (TPSA) is 42.5 Å². The van der Waals surface area contributed by atoms with E-state index in [9.17, 15) is 0 Å². The summed E-state index contributed by atoms with van der Waals surface area (Å²) in [6, 6.07) is 8.06. The van der Waals surface area contributed by atoms with Crippen LogP contribution in [0.2, 0.25) is 0 Å². The first-order valence-electron chi connectivity index (χ1n) is 6.41. The number of para-hydroxylation sites is 1. The van der Waals surface area contributed by atoms with Gasteiger partial charge in [0, 0.05) is 25.9 Å². The van der Waals surface area contributed by atoms with Gasteiger partial charge < -0.3 is 20.1 Å². The largest absolute Gasteiger partial charge is 0.382 e. The van der Waals surface area contributed by atoms with E-state index in [0.29, 0.717) is 24.9 Å². The molecule has 1 aromatic rings. The summed E-state index contributed by atoms with van der Waals surface area (Å²) in [7, 11) is 1.67. The number of hydrogen-bond donors (Lipinski definition) is 2. The first-order valence-corrected chi connectivity index (χ1v) is 6.82. The Morgan fingerprint density at radius 3 is 2.74 bits per heavy atom. The highest BCUT2D eigenvalue weighted by atomic mass is 32.1. The Kier molecular flexibility index (Phi) is 8.13. The second-order valence-corrected chi connectivity index (χ2v) is 4.56. The molecule has 19 heavy (non-hydrogen) atoms. The Bertz CT molecular complexity index is 385. The second-order valence-electron chi connectivity index (χ2n) is 4.15. The minimum Gasteiger partial charge on any atom is -0.382 e. The number of aryl methyl sites for hydroxylation is 1. The quantitative estimate of drug-likeness (QED) is 0.566. The van der Waals surface area contributed by atoms with Crippen LogP contribution >= 0.6 is 12.2 Å². The van der Waals surface area contributed by atoms with Gasteiger partial charge >= 0.3 is 0 Å². The molecule has 0 heterocycles. The third-order valence-corrected chi connectivity index (χ3v) is 2.82. The molecule has 106 valence electrons. The average Bonchev–Trinajstić information content (AvgIpc) is 2.40. The van der Waals surface area contributed by atoms with E-state index in [-0.39, 0.29) is 0 Å². The van der Waals surface area contributed by atoms with Crippen molar-refractivity contribution in [2.45, 2.75) is 13.3 Å². The maximum absolute atomic E-state index is 5.36. The molecule has 0 aromatic heterocycles. The van der Waals surface area contributed by atoms with Gasteiger partial charge in [-0.2, -0.15) is 0 Å². The summed E-state index contributed by atoms with van der Waals surface area (Å²) in [5.74, 6) is 0. The normalized spacial score (nSPS) is 10.2. The van der Waals surface area contributed by atoms with Gasteiger partial charge in [-0.15, -0.1) is 0 Å². The fourth-order valence-electron chi connectivity index (χ4n) is 1.50. The van der Waals surface area contributed by atoms with E-state index in [1.54, 1.807) is 7.11 Å². The Labute approximate surface area is 120 Å². The number of ether oxygens (including phenoxy) is 2. The van der Waals surface area contributed by atoms with E-state index in [1.807, 2.05) is 18.2 Å². The number of anilines is 1. The Balaban J connectivity index is 2.10. The predicted molar refractivity (Wildman–Crippen MR) is 82.7 cm³/mol. The van der Waals surface area contributed by atoms with Crippen LogP contribution in [0.3, 0.4) is 0 Å². The highest BCUT2D eigenvalue weighted by molar-refractivity contribution is 7.80. The van der Waals surface area contributed by atoms with E-state index in [0.717, 1.165) is 18.7 Å². The molecule has 0 fully saturated rings. The lowest BCUT2D eigenvalue weighted by molar-refractivity contribution is 0.0699. The van der Waals surface area contributed by atoms with Crippen molar-refractivity contribution >= 4 is 23.0 Å². The summed E-state index contributed by atoms with van der Waals surface area (Å²) >= 11 is 5.23.